The molecule has 5 rings (SSSR count). The summed E-state index contributed by atoms with van der Waals surface area (Å²) in [5, 5.41) is 14.1. The van der Waals surface area contributed by atoms with Crippen molar-refractivity contribution in [3.05, 3.63) is 53.3 Å². The van der Waals surface area contributed by atoms with Gasteiger partial charge in [-0.3, -0.25) is 4.79 Å². The molecule has 2 saturated heterocycles. The quantitative estimate of drug-likeness (QED) is 0.609. The van der Waals surface area contributed by atoms with E-state index in [2.05, 4.69) is 11.0 Å². The molecular weight excluding hydrogens is 416 g/mol. The molecule has 0 bridgehead atoms. The highest BCUT2D eigenvalue weighted by Crippen LogP contribution is 2.34. The number of ether oxygens (including phenoxy) is 1. The molecule has 2 aromatic heterocycles. The number of aromatic nitrogens is 3. The smallest absolute Gasteiger partial charge is 0.258 e. The molecule has 0 saturated carbocycles. The Hall–Kier alpha value is -3.60. The normalized spacial score (nSPS) is 20.8. The molecule has 4 heterocycles. The third-order valence-corrected chi connectivity index (χ3v) is 6.74. The minimum Gasteiger partial charge on any atom is -0.496 e. The molecule has 3 aromatic rings. The molecule has 0 N–H and O–H groups in total. The molecule has 2 atom stereocenters. The second-order valence-electron chi connectivity index (χ2n) is 8.89. The Bertz CT molecular complexity index is 1230. The molecule has 0 spiro atoms. The average molecular weight is 445 g/mol. The summed E-state index contributed by atoms with van der Waals surface area (Å²) in [6.07, 6.45) is 5.76. The van der Waals surface area contributed by atoms with Gasteiger partial charge in [-0.2, -0.15) is 10.4 Å². The molecule has 33 heavy (non-hydrogen) atoms. The molecule has 170 valence electrons. The second-order valence-corrected chi connectivity index (χ2v) is 8.89. The van der Waals surface area contributed by atoms with E-state index in [4.69, 9.17) is 14.8 Å². The van der Waals surface area contributed by atoms with Gasteiger partial charge in [-0.05, 0) is 44.7 Å². The minimum absolute atomic E-state index is 0.0290. The fraction of sp³-hybridized carbons (Fsp3) is 0.440. The molecule has 1 aromatic carbocycles. The van der Waals surface area contributed by atoms with Gasteiger partial charge in [0.05, 0.1) is 36.4 Å². The molecule has 2 aliphatic rings. The maximum Gasteiger partial charge on any atom is 0.258 e. The Morgan fingerprint density at radius 2 is 2.06 bits per heavy atom. The summed E-state index contributed by atoms with van der Waals surface area (Å²) in [4.78, 5) is 22.5. The van der Waals surface area contributed by atoms with Gasteiger partial charge in [-0.1, -0.05) is 12.1 Å². The standard InChI is InChI=1S/C25H28N6O2/c1-17-15-31-23(27-24(17)29-12-10-18(14-26)16-29)13-20(28-31)21-8-5-6-11-30(21)25(32)19-7-3-4-9-22(19)33-2/h3-4,7,9,13,15,18,21H,5-6,8,10-12,16H2,1-2H3/t18-,21+/m1/s1. The number of rotatable bonds is 4. The van der Waals surface area contributed by atoms with E-state index in [1.807, 2.05) is 52.9 Å². The van der Waals surface area contributed by atoms with Crippen LogP contribution in [0.5, 0.6) is 5.75 Å². The number of carbonyl (C=O) groups excluding carboxylic acids is 1. The lowest BCUT2D eigenvalue weighted by atomic mass is 9.98. The summed E-state index contributed by atoms with van der Waals surface area (Å²) >= 11 is 0. The highest BCUT2D eigenvalue weighted by molar-refractivity contribution is 5.97. The fourth-order valence-electron chi connectivity index (χ4n) is 5.02. The van der Waals surface area contributed by atoms with Gasteiger partial charge < -0.3 is 14.5 Å². The number of amides is 1. The molecule has 8 nitrogen and oxygen atoms in total. The number of methoxy groups -OCH3 is 1. The highest BCUT2D eigenvalue weighted by Gasteiger charge is 2.32. The number of hydrogen-bond acceptors (Lipinski definition) is 6. The topological polar surface area (TPSA) is 86.8 Å². The number of fused-ring (bicyclic) bond motifs is 1. The zero-order chi connectivity index (χ0) is 22.9. The zero-order valence-electron chi connectivity index (χ0n) is 19.1. The van der Waals surface area contributed by atoms with Crippen LogP contribution < -0.4 is 9.64 Å². The Balaban J connectivity index is 1.47. The SMILES string of the molecule is COc1ccccc1C(=O)N1CCCC[C@H]1c1cc2nc(N3CC[C@H](C#N)C3)c(C)cn2n1. The predicted molar refractivity (Wildman–Crippen MR) is 124 cm³/mol. The molecular formula is C25H28N6O2. The van der Waals surface area contributed by atoms with Crippen molar-refractivity contribution in [1.29, 1.82) is 5.26 Å². The van der Waals surface area contributed by atoms with Crippen LogP contribution in [0.2, 0.25) is 0 Å². The third kappa shape index (κ3) is 3.88. The van der Waals surface area contributed by atoms with Crippen LogP contribution in [0.25, 0.3) is 5.65 Å². The van der Waals surface area contributed by atoms with Gasteiger partial charge in [0.15, 0.2) is 5.65 Å². The van der Waals surface area contributed by atoms with Crippen LogP contribution in [-0.2, 0) is 0 Å². The maximum atomic E-state index is 13.5. The van der Waals surface area contributed by atoms with Gasteiger partial charge in [-0.15, -0.1) is 0 Å². The summed E-state index contributed by atoms with van der Waals surface area (Å²) in [6, 6.07) is 11.6. The molecule has 2 aliphatic heterocycles. The van der Waals surface area contributed by atoms with Crippen LogP contribution in [0.1, 0.15) is 53.3 Å². The molecule has 0 unspecified atom stereocenters. The van der Waals surface area contributed by atoms with Crippen molar-refractivity contribution >= 4 is 17.4 Å². The van der Waals surface area contributed by atoms with Crippen molar-refractivity contribution in [2.75, 3.05) is 31.6 Å². The van der Waals surface area contributed by atoms with E-state index in [0.717, 1.165) is 55.0 Å². The van der Waals surface area contributed by atoms with Gasteiger partial charge in [0.25, 0.3) is 5.91 Å². The molecule has 1 amide bonds. The summed E-state index contributed by atoms with van der Waals surface area (Å²) in [5.41, 5.74) is 3.23. The van der Waals surface area contributed by atoms with E-state index in [-0.39, 0.29) is 17.9 Å². The predicted octanol–water partition coefficient (Wildman–Crippen LogP) is 3.76. The van der Waals surface area contributed by atoms with Crippen molar-refractivity contribution < 1.29 is 9.53 Å². The lowest BCUT2D eigenvalue weighted by Gasteiger charge is -2.35. The van der Waals surface area contributed by atoms with E-state index in [1.165, 1.54) is 0 Å². The van der Waals surface area contributed by atoms with Crippen LogP contribution in [0.3, 0.4) is 0 Å². The zero-order valence-corrected chi connectivity index (χ0v) is 19.1. The van der Waals surface area contributed by atoms with Crippen LogP contribution in [0, 0.1) is 24.2 Å². The molecule has 2 fully saturated rings. The van der Waals surface area contributed by atoms with Gasteiger partial charge in [-0.25, -0.2) is 9.50 Å². The second kappa shape index (κ2) is 8.74. The van der Waals surface area contributed by atoms with Crippen LogP contribution in [0.15, 0.2) is 36.5 Å². The van der Waals surface area contributed by atoms with Crippen LogP contribution >= 0.6 is 0 Å². The lowest BCUT2D eigenvalue weighted by molar-refractivity contribution is 0.0602. The number of piperidine rings is 1. The van der Waals surface area contributed by atoms with E-state index in [0.29, 0.717) is 24.4 Å². The minimum atomic E-state index is -0.101. The number of anilines is 1. The molecule has 0 aliphatic carbocycles. The van der Waals surface area contributed by atoms with Crippen LogP contribution in [-0.4, -0.2) is 52.1 Å². The number of benzene rings is 1. The Morgan fingerprint density at radius 3 is 2.85 bits per heavy atom. The lowest BCUT2D eigenvalue weighted by Crippen LogP contribution is -2.38. The highest BCUT2D eigenvalue weighted by atomic mass is 16.5. The van der Waals surface area contributed by atoms with Crippen molar-refractivity contribution in [2.45, 2.75) is 38.6 Å². The molecule has 8 heteroatoms. The number of aryl methyl sites for hydroxylation is 1. The fourth-order valence-corrected chi connectivity index (χ4v) is 5.02. The van der Waals surface area contributed by atoms with Crippen molar-refractivity contribution in [1.82, 2.24) is 19.5 Å². The first-order chi connectivity index (χ1) is 16.1. The number of carbonyl (C=O) groups is 1. The first kappa shape index (κ1) is 21.3. The summed E-state index contributed by atoms with van der Waals surface area (Å²) < 4.78 is 7.25. The summed E-state index contributed by atoms with van der Waals surface area (Å²) in [7, 11) is 1.59. The largest absolute Gasteiger partial charge is 0.496 e. The van der Waals surface area contributed by atoms with E-state index in [1.54, 1.807) is 7.11 Å². The first-order valence-corrected chi connectivity index (χ1v) is 11.5. The summed E-state index contributed by atoms with van der Waals surface area (Å²) in [6.45, 7) is 4.27. The van der Waals surface area contributed by atoms with Gasteiger partial charge >= 0.3 is 0 Å². The average Bonchev–Trinajstić information content (AvgIpc) is 3.49. The van der Waals surface area contributed by atoms with Gasteiger partial charge in [0.1, 0.15) is 11.6 Å². The van der Waals surface area contributed by atoms with Crippen molar-refractivity contribution in [2.24, 2.45) is 5.92 Å². The number of likely N-dealkylation sites (tertiary alicyclic amines) is 1. The van der Waals surface area contributed by atoms with E-state index >= 15 is 0 Å². The Labute approximate surface area is 193 Å². The first-order valence-electron chi connectivity index (χ1n) is 11.5. The van der Waals surface area contributed by atoms with E-state index in [9.17, 15) is 10.1 Å². The maximum absolute atomic E-state index is 13.5. The number of nitriles is 1. The molecule has 0 radical (unpaired) electrons. The Kier molecular flexibility index (Phi) is 5.63. The van der Waals surface area contributed by atoms with Crippen LogP contribution in [0.4, 0.5) is 5.82 Å². The van der Waals surface area contributed by atoms with Crippen molar-refractivity contribution in [3.8, 4) is 11.8 Å². The number of hydrogen-bond donors (Lipinski definition) is 0. The number of nitrogens with zero attached hydrogens (tertiary/aromatic N) is 6. The monoisotopic (exact) mass is 444 g/mol. The Morgan fingerprint density at radius 1 is 1.21 bits per heavy atom. The van der Waals surface area contributed by atoms with Gasteiger partial charge in [0.2, 0.25) is 0 Å². The van der Waals surface area contributed by atoms with Crippen molar-refractivity contribution in [3.63, 3.8) is 0 Å². The third-order valence-electron chi connectivity index (χ3n) is 6.74. The summed E-state index contributed by atoms with van der Waals surface area (Å²) in [5.74, 6) is 1.53. The van der Waals surface area contributed by atoms with E-state index < -0.39 is 0 Å². The van der Waals surface area contributed by atoms with Gasteiger partial charge in [0, 0.05) is 37.5 Å². The number of para-hydroxylation sites is 1.